The molecule has 1 heterocycles. The van der Waals surface area contributed by atoms with Gasteiger partial charge in [-0.1, -0.05) is 5.16 Å². The average molecular weight is 262 g/mol. The van der Waals surface area contributed by atoms with Crippen LogP contribution in [-0.2, 0) is 6.61 Å². The van der Waals surface area contributed by atoms with Gasteiger partial charge in [-0.05, 0) is 25.1 Å². The van der Waals surface area contributed by atoms with E-state index in [1.165, 1.54) is 12.3 Å². The number of benzene rings is 1. The molecule has 1 amide bonds. The normalized spacial score (nSPS) is 10.2. The molecule has 0 fully saturated rings. The highest BCUT2D eigenvalue weighted by atomic mass is 16.5. The van der Waals surface area contributed by atoms with E-state index in [-0.39, 0.29) is 18.2 Å². The molecule has 0 aliphatic carbocycles. The van der Waals surface area contributed by atoms with Gasteiger partial charge in [0, 0.05) is 17.3 Å². The Balaban J connectivity index is 2.15. The molecule has 0 aliphatic heterocycles. The monoisotopic (exact) mass is 262 g/mol. The van der Waals surface area contributed by atoms with Gasteiger partial charge in [0.15, 0.2) is 5.69 Å². The number of amides is 1. The molecule has 0 saturated heterocycles. The highest BCUT2D eigenvalue weighted by Crippen LogP contribution is 2.23. The van der Waals surface area contributed by atoms with Crippen LogP contribution in [0.15, 0.2) is 35.1 Å². The summed E-state index contributed by atoms with van der Waals surface area (Å²) in [4.78, 5) is 11.8. The molecule has 2 aromatic rings. The first-order chi connectivity index (χ1) is 9.24. The lowest BCUT2D eigenvalue weighted by Crippen LogP contribution is -2.12. The number of aliphatic hydroxyl groups excluding tert-OH is 1. The molecule has 0 bridgehead atoms. The number of aliphatic hydroxyl groups is 1. The molecule has 0 radical (unpaired) electrons. The summed E-state index contributed by atoms with van der Waals surface area (Å²) in [6, 6.07) is 6.52. The van der Waals surface area contributed by atoms with Crippen LogP contribution >= 0.6 is 0 Å². The second kappa shape index (κ2) is 6.01. The van der Waals surface area contributed by atoms with E-state index in [2.05, 4.69) is 15.0 Å². The number of ether oxygens (including phenoxy) is 1. The number of hydrogen-bond acceptors (Lipinski definition) is 5. The summed E-state index contributed by atoms with van der Waals surface area (Å²) >= 11 is 0. The van der Waals surface area contributed by atoms with Crippen molar-refractivity contribution in [1.29, 1.82) is 0 Å². The molecule has 19 heavy (non-hydrogen) atoms. The van der Waals surface area contributed by atoms with Gasteiger partial charge in [-0.3, -0.25) is 4.79 Å². The fourth-order valence-corrected chi connectivity index (χ4v) is 1.60. The van der Waals surface area contributed by atoms with Gasteiger partial charge in [0.25, 0.3) is 5.91 Å². The number of carbonyl (C=O) groups is 1. The first kappa shape index (κ1) is 13.1. The minimum atomic E-state index is -0.373. The Bertz CT molecular complexity index is 552. The summed E-state index contributed by atoms with van der Waals surface area (Å²) in [7, 11) is 0. The fraction of sp³-hybridized carbons (Fsp3) is 0.231. The van der Waals surface area contributed by atoms with Crippen molar-refractivity contribution in [1.82, 2.24) is 5.16 Å². The number of carbonyl (C=O) groups excluding carboxylic acids is 1. The van der Waals surface area contributed by atoms with Gasteiger partial charge in [0.05, 0.1) is 13.2 Å². The lowest BCUT2D eigenvalue weighted by atomic mass is 10.2. The number of hydrogen-bond donors (Lipinski definition) is 2. The summed E-state index contributed by atoms with van der Waals surface area (Å²) in [6.07, 6.45) is 1.33. The second-order valence-corrected chi connectivity index (χ2v) is 3.75. The van der Waals surface area contributed by atoms with Crippen LogP contribution in [0.4, 0.5) is 5.69 Å². The molecule has 6 nitrogen and oxygen atoms in total. The summed E-state index contributed by atoms with van der Waals surface area (Å²) in [5, 5.41) is 15.5. The minimum absolute atomic E-state index is 0.164. The van der Waals surface area contributed by atoms with Gasteiger partial charge in [0.1, 0.15) is 12.0 Å². The second-order valence-electron chi connectivity index (χ2n) is 3.75. The van der Waals surface area contributed by atoms with Crippen molar-refractivity contribution < 1.29 is 19.2 Å². The van der Waals surface area contributed by atoms with E-state index in [1.807, 2.05) is 6.92 Å². The molecular weight excluding hydrogens is 248 g/mol. The fourth-order valence-electron chi connectivity index (χ4n) is 1.60. The van der Waals surface area contributed by atoms with Crippen molar-refractivity contribution in [2.45, 2.75) is 13.5 Å². The van der Waals surface area contributed by atoms with E-state index in [1.54, 1.807) is 18.2 Å². The van der Waals surface area contributed by atoms with Gasteiger partial charge in [-0.25, -0.2) is 0 Å². The third kappa shape index (κ3) is 3.11. The smallest absolute Gasteiger partial charge is 0.277 e. The Labute approximate surface area is 110 Å². The van der Waals surface area contributed by atoms with E-state index >= 15 is 0 Å². The lowest BCUT2D eigenvalue weighted by Gasteiger charge is -2.10. The van der Waals surface area contributed by atoms with E-state index in [0.717, 1.165) is 0 Å². The Morgan fingerprint density at radius 2 is 2.32 bits per heavy atom. The topological polar surface area (TPSA) is 84.6 Å². The molecule has 0 aliphatic rings. The molecule has 0 atom stereocenters. The summed E-state index contributed by atoms with van der Waals surface area (Å²) in [5.74, 6) is 0.228. The zero-order valence-electron chi connectivity index (χ0n) is 10.4. The van der Waals surface area contributed by atoms with Crippen LogP contribution in [0, 0.1) is 0 Å². The number of rotatable bonds is 5. The molecule has 0 spiro atoms. The van der Waals surface area contributed by atoms with E-state index in [4.69, 9.17) is 4.74 Å². The maximum Gasteiger partial charge on any atom is 0.277 e. The highest BCUT2D eigenvalue weighted by molar-refractivity contribution is 6.02. The molecule has 1 aromatic heterocycles. The number of nitrogens with zero attached hydrogens (tertiary/aromatic N) is 1. The lowest BCUT2D eigenvalue weighted by molar-refractivity contribution is 0.101. The molecule has 1 aromatic carbocycles. The van der Waals surface area contributed by atoms with Gasteiger partial charge < -0.3 is 19.7 Å². The molecule has 6 heteroatoms. The summed E-state index contributed by atoms with van der Waals surface area (Å²) in [6.45, 7) is 2.21. The first-order valence-corrected chi connectivity index (χ1v) is 5.83. The van der Waals surface area contributed by atoms with Gasteiger partial charge in [-0.2, -0.15) is 0 Å². The third-order valence-corrected chi connectivity index (χ3v) is 2.46. The molecule has 2 N–H and O–H groups in total. The minimum Gasteiger partial charge on any atom is -0.494 e. The van der Waals surface area contributed by atoms with Crippen molar-refractivity contribution in [3.05, 3.63) is 41.8 Å². The first-order valence-electron chi connectivity index (χ1n) is 5.83. The van der Waals surface area contributed by atoms with Crippen molar-refractivity contribution in [3.8, 4) is 5.75 Å². The third-order valence-electron chi connectivity index (χ3n) is 2.46. The molecular formula is C13H14N2O4. The van der Waals surface area contributed by atoms with Crippen molar-refractivity contribution >= 4 is 11.6 Å². The standard InChI is InChI=1S/C13H14N2O4/c1-2-18-12-4-3-10(7-9(12)8-16)14-13(17)11-5-6-19-15-11/h3-7,16H,2,8H2,1H3,(H,14,17). The van der Waals surface area contributed by atoms with Crippen LogP contribution in [0.1, 0.15) is 23.0 Å². The largest absolute Gasteiger partial charge is 0.494 e. The zero-order chi connectivity index (χ0) is 13.7. The Kier molecular flexibility index (Phi) is 4.15. The summed E-state index contributed by atoms with van der Waals surface area (Å²) in [5.41, 5.74) is 1.36. The van der Waals surface area contributed by atoms with Crippen LogP contribution in [0.25, 0.3) is 0 Å². The van der Waals surface area contributed by atoms with Crippen molar-refractivity contribution in [3.63, 3.8) is 0 Å². The van der Waals surface area contributed by atoms with Gasteiger partial charge >= 0.3 is 0 Å². The quantitative estimate of drug-likeness (QED) is 0.858. The predicted octanol–water partition coefficient (Wildman–Crippen LogP) is 1.82. The molecule has 100 valence electrons. The maximum absolute atomic E-state index is 11.8. The number of anilines is 1. The number of nitrogens with one attached hydrogen (secondary N) is 1. The van der Waals surface area contributed by atoms with Gasteiger partial charge in [-0.15, -0.1) is 0 Å². The maximum atomic E-state index is 11.8. The predicted molar refractivity (Wildman–Crippen MR) is 68.0 cm³/mol. The number of aromatic nitrogens is 1. The molecule has 2 rings (SSSR count). The van der Waals surface area contributed by atoms with Crippen LogP contribution in [0.3, 0.4) is 0 Å². The highest BCUT2D eigenvalue weighted by Gasteiger charge is 2.10. The SMILES string of the molecule is CCOc1ccc(NC(=O)c2ccon2)cc1CO. The van der Waals surface area contributed by atoms with Crippen molar-refractivity contribution in [2.75, 3.05) is 11.9 Å². The van der Waals surface area contributed by atoms with Crippen LogP contribution in [0.5, 0.6) is 5.75 Å². The van der Waals surface area contributed by atoms with Crippen LogP contribution in [0.2, 0.25) is 0 Å². The Hall–Kier alpha value is -2.34. The average Bonchev–Trinajstić information content (AvgIpc) is 2.94. The summed E-state index contributed by atoms with van der Waals surface area (Å²) < 4.78 is 9.96. The molecule has 0 saturated carbocycles. The van der Waals surface area contributed by atoms with Crippen LogP contribution in [-0.4, -0.2) is 22.8 Å². The van der Waals surface area contributed by atoms with E-state index < -0.39 is 0 Å². The van der Waals surface area contributed by atoms with Crippen LogP contribution < -0.4 is 10.1 Å². The van der Waals surface area contributed by atoms with Gasteiger partial charge in [0.2, 0.25) is 0 Å². The Morgan fingerprint density at radius 1 is 1.47 bits per heavy atom. The zero-order valence-corrected chi connectivity index (χ0v) is 10.4. The van der Waals surface area contributed by atoms with E-state index in [9.17, 15) is 9.90 Å². The molecule has 0 unspecified atom stereocenters. The Morgan fingerprint density at radius 3 is 2.95 bits per heavy atom. The van der Waals surface area contributed by atoms with Crippen molar-refractivity contribution in [2.24, 2.45) is 0 Å². The van der Waals surface area contributed by atoms with E-state index in [0.29, 0.717) is 23.6 Å².